The van der Waals surface area contributed by atoms with E-state index in [-0.39, 0.29) is 29.7 Å². The number of carbonyl (C=O) groups excluding carboxylic acids is 2. The van der Waals surface area contributed by atoms with Crippen LogP contribution in [0.4, 0.5) is 5.69 Å². The van der Waals surface area contributed by atoms with Gasteiger partial charge in [-0.2, -0.15) is 4.99 Å². The normalized spacial score (nSPS) is 21.3. The van der Waals surface area contributed by atoms with E-state index in [4.69, 9.17) is 10.7 Å². The van der Waals surface area contributed by atoms with Crippen LogP contribution in [0.2, 0.25) is 0 Å². The van der Waals surface area contributed by atoms with Crippen LogP contribution in [0.3, 0.4) is 0 Å². The number of benzene rings is 1. The van der Waals surface area contributed by atoms with Crippen molar-refractivity contribution in [2.75, 3.05) is 52.1 Å². The topological polar surface area (TPSA) is 107 Å². The van der Waals surface area contributed by atoms with E-state index in [9.17, 15) is 9.59 Å². The lowest BCUT2D eigenvalue weighted by Gasteiger charge is -2.35. The fourth-order valence-electron chi connectivity index (χ4n) is 5.65. The number of guanidine groups is 1. The van der Waals surface area contributed by atoms with E-state index < -0.39 is 0 Å². The Morgan fingerprint density at radius 2 is 1.90 bits per heavy atom. The number of amidine groups is 1. The molecule has 2 amide bonds. The summed E-state index contributed by atoms with van der Waals surface area (Å²) in [6.45, 7) is 6.32. The predicted molar refractivity (Wildman–Crippen MR) is 158 cm³/mol. The van der Waals surface area contributed by atoms with Crippen molar-refractivity contribution in [3.63, 3.8) is 0 Å². The number of rotatable bonds is 7. The van der Waals surface area contributed by atoms with Crippen molar-refractivity contribution >= 4 is 29.3 Å². The fourth-order valence-corrected chi connectivity index (χ4v) is 5.65. The monoisotopic (exact) mass is 535 g/mol. The lowest BCUT2D eigenvalue weighted by molar-refractivity contribution is -0.131. The molecule has 9 heteroatoms. The van der Waals surface area contributed by atoms with Crippen molar-refractivity contribution in [3.05, 3.63) is 41.5 Å². The van der Waals surface area contributed by atoms with E-state index in [2.05, 4.69) is 35.3 Å². The van der Waals surface area contributed by atoms with Gasteiger partial charge < -0.3 is 25.8 Å². The zero-order valence-corrected chi connectivity index (χ0v) is 23.9. The zero-order valence-electron chi connectivity index (χ0n) is 23.9. The molecule has 39 heavy (non-hydrogen) atoms. The lowest BCUT2D eigenvalue weighted by Crippen LogP contribution is -2.44. The van der Waals surface area contributed by atoms with Crippen LogP contribution in [0, 0.1) is 5.92 Å². The van der Waals surface area contributed by atoms with Gasteiger partial charge in [-0.3, -0.25) is 14.6 Å². The quantitative estimate of drug-likeness (QED) is 0.314. The van der Waals surface area contributed by atoms with Crippen LogP contribution in [-0.4, -0.2) is 91.2 Å². The number of aliphatic imine (C=N–C) groups is 2. The molecule has 1 fully saturated rings. The molecule has 4 rings (SSSR count). The van der Waals surface area contributed by atoms with Crippen molar-refractivity contribution in [1.29, 1.82) is 0 Å². The Morgan fingerprint density at radius 1 is 1.15 bits per heavy atom. The second kappa shape index (κ2) is 13.7. The number of unbranched alkanes of at least 4 members (excludes halogenated alkanes) is 1. The van der Waals surface area contributed by atoms with Gasteiger partial charge in [0.1, 0.15) is 5.84 Å². The SMILES string of the molecule is CCCCC(=O)N1CC=C(C2CCCN=C2N=C(N)Nc2ccc(C(=O)N(C)C3CCN(C)CC3)cc2)CC1. The molecule has 3 N–H and O–H groups in total. The van der Waals surface area contributed by atoms with E-state index >= 15 is 0 Å². The number of nitrogens with zero attached hydrogens (tertiary/aromatic N) is 5. The Morgan fingerprint density at radius 3 is 2.56 bits per heavy atom. The molecule has 1 unspecified atom stereocenters. The number of anilines is 1. The number of hydrogen-bond acceptors (Lipinski definition) is 5. The fraction of sp³-hybridized carbons (Fsp3) is 0.600. The molecular formula is C30H45N7O2. The Balaban J connectivity index is 1.35. The summed E-state index contributed by atoms with van der Waals surface area (Å²) in [6.07, 6.45) is 9.68. The summed E-state index contributed by atoms with van der Waals surface area (Å²) < 4.78 is 0. The van der Waals surface area contributed by atoms with Crippen LogP contribution in [0.5, 0.6) is 0 Å². The molecule has 1 aromatic rings. The average Bonchev–Trinajstić information content (AvgIpc) is 2.96. The van der Waals surface area contributed by atoms with Gasteiger partial charge in [-0.15, -0.1) is 0 Å². The molecule has 1 aromatic carbocycles. The van der Waals surface area contributed by atoms with Crippen molar-refractivity contribution in [2.45, 2.75) is 64.3 Å². The van der Waals surface area contributed by atoms with Crippen molar-refractivity contribution in [3.8, 4) is 0 Å². The third kappa shape index (κ3) is 7.68. The maximum absolute atomic E-state index is 13.0. The first kappa shape index (κ1) is 28.8. The van der Waals surface area contributed by atoms with Gasteiger partial charge >= 0.3 is 0 Å². The maximum atomic E-state index is 13.0. The molecule has 3 aliphatic heterocycles. The van der Waals surface area contributed by atoms with Crippen LogP contribution >= 0.6 is 0 Å². The molecule has 1 atom stereocenters. The van der Waals surface area contributed by atoms with Gasteiger partial charge in [0.2, 0.25) is 5.91 Å². The number of likely N-dealkylation sites (tertiary alicyclic amines) is 1. The molecule has 0 bridgehead atoms. The standard InChI is InChI=1S/C30H45N7O2/c1-4-5-8-27(38)37-20-13-22(14-21-37)26-7-6-17-32-28(26)34-30(31)33-24-11-9-23(10-12-24)29(39)36(3)25-15-18-35(2)19-16-25/h9-13,25-26H,4-8,14-21H2,1-3H3,(H3,31,32,33,34). The van der Waals surface area contributed by atoms with Gasteiger partial charge in [0.15, 0.2) is 5.96 Å². The number of piperidine rings is 1. The van der Waals surface area contributed by atoms with E-state index in [0.29, 0.717) is 18.5 Å². The molecule has 212 valence electrons. The van der Waals surface area contributed by atoms with Crippen LogP contribution in [0.15, 0.2) is 45.9 Å². The molecule has 0 spiro atoms. The minimum absolute atomic E-state index is 0.0449. The molecule has 3 heterocycles. The average molecular weight is 536 g/mol. The number of nitrogens with two attached hydrogens (primary N) is 1. The van der Waals surface area contributed by atoms with Crippen molar-refractivity contribution in [1.82, 2.24) is 14.7 Å². The highest BCUT2D eigenvalue weighted by Gasteiger charge is 2.27. The van der Waals surface area contributed by atoms with E-state index in [0.717, 1.165) is 82.6 Å². The molecule has 1 saturated heterocycles. The van der Waals surface area contributed by atoms with Crippen LogP contribution < -0.4 is 11.1 Å². The summed E-state index contributed by atoms with van der Waals surface area (Å²) >= 11 is 0. The number of nitrogens with one attached hydrogen (secondary N) is 1. The van der Waals surface area contributed by atoms with E-state index in [1.807, 2.05) is 41.1 Å². The Labute approximate surface area is 233 Å². The summed E-state index contributed by atoms with van der Waals surface area (Å²) in [5.41, 5.74) is 9.05. The molecule has 0 aromatic heterocycles. The largest absolute Gasteiger partial charge is 0.369 e. The van der Waals surface area contributed by atoms with Crippen LogP contribution in [-0.2, 0) is 4.79 Å². The highest BCUT2D eigenvalue weighted by Crippen LogP contribution is 2.29. The third-order valence-corrected chi connectivity index (χ3v) is 8.22. The summed E-state index contributed by atoms with van der Waals surface area (Å²) in [7, 11) is 4.03. The maximum Gasteiger partial charge on any atom is 0.253 e. The van der Waals surface area contributed by atoms with Crippen molar-refractivity contribution in [2.24, 2.45) is 21.6 Å². The van der Waals surface area contributed by atoms with Crippen LogP contribution in [0.1, 0.15) is 68.6 Å². The molecule has 9 nitrogen and oxygen atoms in total. The second-order valence-corrected chi connectivity index (χ2v) is 11.1. The first-order chi connectivity index (χ1) is 18.9. The lowest BCUT2D eigenvalue weighted by atomic mass is 9.87. The Bertz CT molecular complexity index is 1090. The van der Waals surface area contributed by atoms with Gasteiger partial charge in [-0.25, -0.2) is 0 Å². The molecule has 0 radical (unpaired) electrons. The van der Waals surface area contributed by atoms with Gasteiger partial charge in [-0.05, 0) is 82.9 Å². The third-order valence-electron chi connectivity index (χ3n) is 8.22. The summed E-state index contributed by atoms with van der Waals surface area (Å²) in [6, 6.07) is 7.69. The van der Waals surface area contributed by atoms with Gasteiger partial charge in [0, 0.05) is 56.3 Å². The Kier molecular flexibility index (Phi) is 10.1. The van der Waals surface area contributed by atoms with Crippen molar-refractivity contribution < 1.29 is 9.59 Å². The van der Waals surface area contributed by atoms with Crippen LogP contribution in [0.25, 0.3) is 0 Å². The number of carbonyl (C=O) groups is 2. The Hall–Kier alpha value is -3.20. The highest BCUT2D eigenvalue weighted by atomic mass is 16.2. The molecule has 3 aliphatic rings. The smallest absolute Gasteiger partial charge is 0.253 e. The highest BCUT2D eigenvalue weighted by molar-refractivity contribution is 6.03. The minimum Gasteiger partial charge on any atom is -0.369 e. The molecule has 0 aliphatic carbocycles. The van der Waals surface area contributed by atoms with E-state index in [1.165, 1.54) is 5.57 Å². The van der Waals surface area contributed by atoms with E-state index in [1.54, 1.807) is 0 Å². The van der Waals surface area contributed by atoms with Gasteiger partial charge in [-0.1, -0.05) is 25.0 Å². The summed E-state index contributed by atoms with van der Waals surface area (Å²) in [4.78, 5) is 40.9. The minimum atomic E-state index is 0.0449. The first-order valence-electron chi connectivity index (χ1n) is 14.5. The predicted octanol–water partition coefficient (Wildman–Crippen LogP) is 3.74. The zero-order chi connectivity index (χ0) is 27.8. The molecule has 0 saturated carbocycles. The summed E-state index contributed by atoms with van der Waals surface area (Å²) in [5.74, 6) is 1.48. The molecular weight excluding hydrogens is 490 g/mol. The number of hydrogen-bond donors (Lipinski definition) is 2. The number of amides is 2. The van der Waals surface area contributed by atoms with Gasteiger partial charge in [0.05, 0.1) is 0 Å². The second-order valence-electron chi connectivity index (χ2n) is 11.1. The first-order valence-corrected chi connectivity index (χ1v) is 14.5. The van der Waals surface area contributed by atoms with Gasteiger partial charge in [0.25, 0.3) is 5.91 Å². The summed E-state index contributed by atoms with van der Waals surface area (Å²) in [5, 5.41) is 3.16.